The standard InChI is InChI=1S/C15H25NO2S/c1-5-16-9-13-6-7-15(18-4)14(8-13)11-19(17)10-12(2)3/h6-8,12,16H,5,9-11H2,1-4H3. The summed E-state index contributed by atoms with van der Waals surface area (Å²) in [5.74, 6) is 2.59. The number of rotatable bonds is 8. The van der Waals surface area contributed by atoms with Gasteiger partial charge in [0, 0.05) is 28.7 Å². The summed E-state index contributed by atoms with van der Waals surface area (Å²) in [5, 5.41) is 3.30. The lowest BCUT2D eigenvalue weighted by molar-refractivity contribution is 0.411. The molecule has 0 heterocycles. The Kier molecular flexibility index (Phi) is 7.10. The predicted molar refractivity (Wildman–Crippen MR) is 81.9 cm³/mol. The van der Waals surface area contributed by atoms with E-state index in [4.69, 9.17) is 4.74 Å². The lowest BCUT2D eigenvalue weighted by Crippen LogP contribution is -2.12. The zero-order chi connectivity index (χ0) is 14.3. The molecule has 0 spiro atoms. The maximum absolute atomic E-state index is 12.1. The van der Waals surface area contributed by atoms with Gasteiger partial charge in [-0.2, -0.15) is 0 Å². The first-order valence-electron chi connectivity index (χ1n) is 6.78. The van der Waals surface area contributed by atoms with E-state index < -0.39 is 10.8 Å². The lowest BCUT2D eigenvalue weighted by atomic mass is 10.1. The Morgan fingerprint density at radius 2 is 2.11 bits per heavy atom. The second-order valence-corrected chi connectivity index (χ2v) is 6.57. The minimum absolute atomic E-state index is 0.455. The highest BCUT2D eigenvalue weighted by Gasteiger charge is 2.10. The van der Waals surface area contributed by atoms with E-state index in [-0.39, 0.29) is 0 Å². The molecule has 0 bridgehead atoms. The molecule has 0 aliphatic heterocycles. The molecule has 0 radical (unpaired) electrons. The molecule has 0 aliphatic carbocycles. The maximum atomic E-state index is 12.1. The van der Waals surface area contributed by atoms with Crippen molar-refractivity contribution in [2.75, 3.05) is 19.4 Å². The fourth-order valence-corrected chi connectivity index (χ4v) is 3.36. The number of nitrogens with one attached hydrogen (secondary N) is 1. The molecule has 1 unspecified atom stereocenters. The van der Waals surface area contributed by atoms with E-state index in [2.05, 4.69) is 38.2 Å². The van der Waals surface area contributed by atoms with Crippen LogP contribution < -0.4 is 10.1 Å². The highest BCUT2D eigenvalue weighted by molar-refractivity contribution is 7.84. The molecule has 19 heavy (non-hydrogen) atoms. The fourth-order valence-electron chi connectivity index (χ4n) is 1.93. The van der Waals surface area contributed by atoms with Crippen LogP contribution in [0.3, 0.4) is 0 Å². The summed E-state index contributed by atoms with van der Waals surface area (Å²) in [6.07, 6.45) is 0. The third-order valence-electron chi connectivity index (χ3n) is 2.76. The average molecular weight is 283 g/mol. The van der Waals surface area contributed by atoms with Gasteiger partial charge in [-0.25, -0.2) is 0 Å². The van der Waals surface area contributed by atoms with Crippen LogP contribution in [0.4, 0.5) is 0 Å². The van der Waals surface area contributed by atoms with E-state index in [0.717, 1.165) is 30.2 Å². The molecule has 4 heteroatoms. The summed E-state index contributed by atoms with van der Waals surface area (Å²) in [7, 11) is 0.833. The fraction of sp³-hybridized carbons (Fsp3) is 0.600. The van der Waals surface area contributed by atoms with Crippen molar-refractivity contribution in [1.29, 1.82) is 0 Å². The lowest BCUT2D eigenvalue weighted by Gasteiger charge is -2.12. The van der Waals surface area contributed by atoms with Gasteiger partial charge in [-0.05, 0) is 30.2 Å². The van der Waals surface area contributed by atoms with E-state index in [9.17, 15) is 4.21 Å². The summed E-state index contributed by atoms with van der Waals surface area (Å²) in [5.41, 5.74) is 2.25. The zero-order valence-electron chi connectivity index (χ0n) is 12.4. The molecule has 1 aromatic carbocycles. The van der Waals surface area contributed by atoms with Gasteiger partial charge in [0.1, 0.15) is 5.75 Å². The Morgan fingerprint density at radius 1 is 1.37 bits per heavy atom. The Balaban J connectivity index is 2.80. The van der Waals surface area contributed by atoms with Crippen LogP contribution in [0, 0.1) is 5.92 Å². The minimum atomic E-state index is -0.827. The Labute approximate surface area is 119 Å². The number of hydrogen-bond donors (Lipinski definition) is 1. The molecule has 0 amide bonds. The van der Waals surface area contributed by atoms with Crippen molar-refractivity contribution in [2.45, 2.75) is 33.1 Å². The number of benzene rings is 1. The highest BCUT2D eigenvalue weighted by Crippen LogP contribution is 2.22. The van der Waals surface area contributed by atoms with Crippen LogP contribution in [0.25, 0.3) is 0 Å². The van der Waals surface area contributed by atoms with Gasteiger partial charge in [0.2, 0.25) is 0 Å². The Hall–Kier alpha value is -0.870. The summed E-state index contributed by atoms with van der Waals surface area (Å²) in [6.45, 7) is 8.06. The van der Waals surface area contributed by atoms with Crippen LogP contribution in [-0.2, 0) is 23.1 Å². The van der Waals surface area contributed by atoms with Gasteiger partial charge >= 0.3 is 0 Å². The van der Waals surface area contributed by atoms with E-state index in [1.54, 1.807) is 7.11 Å². The van der Waals surface area contributed by atoms with E-state index >= 15 is 0 Å². The normalized spacial score (nSPS) is 12.7. The monoisotopic (exact) mass is 283 g/mol. The van der Waals surface area contributed by atoms with Gasteiger partial charge in [0.15, 0.2) is 0 Å². The van der Waals surface area contributed by atoms with Crippen LogP contribution in [0.2, 0.25) is 0 Å². The average Bonchev–Trinajstić information content (AvgIpc) is 2.35. The Bertz CT molecular complexity index is 419. The minimum Gasteiger partial charge on any atom is -0.496 e. The number of methoxy groups -OCH3 is 1. The molecular formula is C15H25NO2S. The van der Waals surface area contributed by atoms with Crippen molar-refractivity contribution in [3.05, 3.63) is 29.3 Å². The van der Waals surface area contributed by atoms with Gasteiger partial charge < -0.3 is 10.1 Å². The summed E-state index contributed by atoms with van der Waals surface area (Å²) in [6, 6.07) is 6.12. The topological polar surface area (TPSA) is 38.3 Å². The third kappa shape index (κ3) is 5.74. The molecule has 0 aliphatic rings. The molecule has 1 atom stereocenters. The zero-order valence-corrected chi connectivity index (χ0v) is 13.2. The molecule has 3 nitrogen and oxygen atoms in total. The van der Waals surface area contributed by atoms with Crippen LogP contribution >= 0.6 is 0 Å². The smallest absolute Gasteiger partial charge is 0.123 e. The largest absolute Gasteiger partial charge is 0.496 e. The second-order valence-electron chi connectivity index (χ2n) is 5.07. The molecule has 0 saturated carbocycles. The van der Waals surface area contributed by atoms with Crippen molar-refractivity contribution >= 4 is 10.8 Å². The molecule has 1 aromatic rings. The molecule has 0 saturated heterocycles. The van der Waals surface area contributed by atoms with Gasteiger partial charge in [-0.1, -0.05) is 26.8 Å². The van der Waals surface area contributed by atoms with Gasteiger partial charge in [0.25, 0.3) is 0 Å². The molecule has 1 N–H and O–H groups in total. The molecule has 108 valence electrons. The predicted octanol–water partition coefficient (Wildman–Crippen LogP) is 2.71. The van der Waals surface area contributed by atoms with Crippen LogP contribution in [-0.4, -0.2) is 23.6 Å². The quantitative estimate of drug-likeness (QED) is 0.797. The molecule has 0 fully saturated rings. The second kappa shape index (κ2) is 8.33. The van der Waals surface area contributed by atoms with Crippen LogP contribution in [0.15, 0.2) is 18.2 Å². The number of hydrogen-bond acceptors (Lipinski definition) is 3. The number of ether oxygens (including phenoxy) is 1. The molecule has 1 rings (SSSR count). The van der Waals surface area contributed by atoms with Crippen LogP contribution in [0.1, 0.15) is 31.9 Å². The third-order valence-corrected chi connectivity index (χ3v) is 4.43. The van der Waals surface area contributed by atoms with Gasteiger partial charge in [-0.15, -0.1) is 0 Å². The Morgan fingerprint density at radius 3 is 2.68 bits per heavy atom. The first kappa shape index (κ1) is 16.2. The van der Waals surface area contributed by atoms with E-state index in [1.807, 2.05) is 6.07 Å². The first-order chi connectivity index (χ1) is 9.06. The van der Waals surface area contributed by atoms with Crippen LogP contribution in [0.5, 0.6) is 5.75 Å². The SMILES string of the molecule is CCNCc1ccc(OC)c(CS(=O)CC(C)C)c1. The van der Waals surface area contributed by atoms with E-state index in [1.165, 1.54) is 5.56 Å². The molecular weight excluding hydrogens is 258 g/mol. The maximum Gasteiger partial charge on any atom is 0.123 e. The summed E-state index contributed by atoms with van der Waals surface area (Å²) >= 11 is 0. The van der Waals surface area contributed by atoms with E-state index in [0.29, 0.717) is 11.7 Å². The first-order valence-corrected chi connectivity index (χ1v) is 8.27. The van der Waals surface area contributed by atoms with Gasteiger partial charge in [0.05, 0.1) is 12.9 Å². The highest BCUT2D eigenvalue weighted by atomic mass is 32.2. The summed E-state index contributed by atoms with van der Waals surface area (Å²) in [4.78, 5) is 0. The van der Waals surface area contributed by atoms with Crippen molar-refractivity contribution in [3.8, 4) is 5.75 Å². The molecule has 0 aromatic heterocycles. The van der Waals surface area contributed by atoms with Crippen molar-refractivity contribution in [2.24, 2.45) is 5.92 Å². The van der Waals surface area contributed by atoms with Crippen molar-refractivity contribution in [3.63, 3.8) is 0 Å². The van der Waals surface area contributed by atoms with Gasteiger partial charge in [-0.3, -0.25) is 4.21 Å². The van der Waals surface area contributed by atoms with Crippen molar-refractivity contribution < 1.29 is 8.95 Å². The summed E-state index contributed by atoms with van der Waals surface area (Å²) < 4.78 is 17.4. The van der Waals surface area contributed by atoms with Crippen molar-refractivity contribution in [1.82, 2.24) is 5.32 Å².